The predicted octanol–water partition coefficient (Wildman–Crippen LogP) is 0.429. The fraction of sp³-hybridized carbons (Fsp3) is 0.545. The highest BCUT2D eigenvalue weighted by molar-refractivity contribution is 5.91. The van der Waals surface area contributed by atoms with Crippen LogP contribution in [0.2, 0.25) is 0 Å². The van der Waals surface area contributed by atoms with Crippen molar-refractivity contribution in [2.75, 3.05) is 32.8 Å². The van der Waals surface area contributed by atoms with E-state index >= 15 is 0 Å². The first-order valence-corrected chi connectivity index (χ1v) is 10.7. The quantitative estimate of drug-likeness (QED) is 0.617. The van der Waals surface area contributed by atoms with Crippen LogP contribution in [0.4, 0.5) is 0 Å². The summed E-state index contributed by atoms with van der Waals surface area (Å²) in [4.78, 5) is 52.8. The molecule has 1 aromatic rings. The summed E-state index contributed by atoms with van der Waals surface area (Å²) in [6, 6.07) is 7.31. The van der Waals surface area contributed by atoms with Crippen molar-refractivity contribution in [2.45, 2.75) is 44.2 Å². The van der Waals surface area contributed by atoms with Gasteiger partial charge in [0.1, 0.15) is 12.1 Å². The van der Waals surface area contributed by atoms with Crippen LogP contribution < -0.4 is 5.32 Å². The number of rotatable bonds is 8. The van der Waals surface area contributed by atoms with Gasteiger partial charge in [0.2, 0.25) is 17.7 Å². The largest absolute Gasteiger partial charge is 0.480 e. The normalized spacial score (nSPS) is 19.7. The lowest BCUT2D eigenvalue weighted by molar-refractivity contribution is -0.149. The van der Waals surface area contributed by atoms with E-state index in [0.29, 0.717) is 45.7 Å². The summed E-state index contributed by atoms with van der Waals surface area (Å²) in [6.07, 6.45) is 1.30. The van der Waals surface area contributed by atoms with Crippen molar-refractivity contribution in [1.82, 2.24) is 15.1 Å². The fourth-order valence-electron chi connectivity index (χ4n) is 4.01. The van der Waals surface area contributed by atoms with E-state index in [0.717, 1.165) is 5.56 Å². The topological polar surface area (TPSA) is 116 Å². The maximum absolute atomic E-state index is 13.1. The van der Waals surface area contributed by atoms with Crippen molar-refractivity contribution in [3.63, 3.8) is 0 Å². The minimum absolute atomic E-state index is 0.0909. The number of carboxylic acids is 1. The van der Waals surface area contributed by atoms with E-state index in [1.54, 1.807) is 4.90 Å². The van der Waals surface area contributed by atoms with Crippen LogP contribution in [0.15, 0.2) is 30.3 Å². The Morgan fingerprint density at radius 3 is 2.48 bits per heavy atom. The van der Waals surface area contributed by atoms with E-state index in [2.05, 4.69) is 5.32 Å². The Bertz CT molecular complexity index is 794. The predicted molar refractivity (Wildman–Crippen MR) is 111 cm³/mol. The highest BCUT2D eigenvalue weighted by Gasteiger charge is 2.37. The lowest BCUT2D eigenvalue weighted by Gasteiger charge is -2.29. The molecular formula is C22H29N3O6. The van der Waals surface area contributed by atoms with E-state index in [-0.39, 0.29) is 31.1 Å². The molecule has 0 radical (unpaired) electrons. The molecule has 0 aliphatic carbocycles. The number of carboxylic acid groups (broad SMARTS) is 1. The molecule has 31 heavy (non-hydrogen) atoms. The number of carbonyl (C=O) groups excluding carboxylic acids is 3. The van der Waals surface area contributed by atoms with Crippen LogP contribution in [0.5, 0.6) is 0 Å². The molecule has 2 aliphatic heterocycles. The van der Waals surface area contributed by atoms with Gasteiger partial charge in [-0.3, -0.25) is 14.4 Å². The van der Waals surface area contributed by atoms with Crippen molar-refractivity contribution in [3.8, 4) is 0 Å². The maximum atomic E-state index is 13.1. The number of nitrogens with zero attached hydrogens (tertiary/aromatic N) is 2. The molecule has 0 saturated carbocycles. The van der Waals surface area contributed by atoms with E-state index in [1.165, 1.54) is 4.90 Å². The standard InChI is InChI=1S/C22H29N3O6/c26-19(15-16-5-2-1-3-6-16)23-17(8-9-20(27)24-11-13-31-14-12-24)21(28)25-10-4-7-18(25)22(29)30/h1-3,5-6,17-18H,4,7-15H2,(H,23,26)(H,29,30). The van der Waals surface area contributed by atoms with Gasteiger partial charge in [0.15, 0.2) is 0 Å². The fourth-order valence-corrected chi connectivity index (χ4v) is 4.01. The Labute approximate surface area is 181 Å². The Morgan fingerprint density at radius 1 is 1.10 bits per heavy atom. The molecule has 2 saturated heterocycles. The van der Waals surface area contributed by atoms with Crippen LogP contribution in [0.25, 0.3) is 0 Å². The van der Waals surface area contributed by atoms with Crippen LogP contribution in [0.3, 0.4) is 0 Å². The smallest absolute Gasteiger partial charge is 0.326 e. The molecule has 9 heteroatoms. The molecule has 2 N–H and O–H groups in total. The summed E-state index contributed by atoms with van der Waals surface area (Å²) in [5.74, 6) is -1.94. The average molecular weight is 431 g/mol. The van der Waals surface area contributed by atoms with Gasteiger partial charge in [0.05, 0.1) is 19.6 Å². The minimum atomic E-state index is -1.05. The molecule has 1 aromatic carbocycles. The summed E-state index contributed by atoms with van der Waals surface area (Å²) in [5, 5.41) is 12.2. The number of carbonyl (C=O) groups is 4. The molecule has 0 aromatic heterocycles. The van der Waals surface area contributed by atoms with E-state index in [1.807, 2.05) is 30.3 Å². The minimum Gasteiger partial charge on any atom is -0.480 e. The van der Waals surface area contributed by atoms with Gasteiger partial charge in [0, 0.05) is 26.1 Å². The molecule has 2 fully saturated rings. The molecule has 3 amide bonds. The van der Waals surface area contributed by atoms with E-state index in [9.17, 15) is 24.3 Å². The number of aliphatic carboxylic acids is 1. The second kappa shape index (κ2) is 10.9. The maximum Gasteiger partial charge on any atom is 0.326 e. The zero-order valence-corrected chi connectivity index (χ0v) is 17.5. The number of likely N-dealkylation sites (tertiary alicyclic amines) is 1. The Morgan fingerprint density at radius 2 is 1.81 bits per heavy atom. The summed E-state index contributed by atoms with van der Waals surface area (Å²) in [6.45, 7) is 2.31. The number of ether oxygens (including phenoxy) is 1. The van der Waals surface area contributed by atoms with Gasteiger partial charge in [-0.2, -0.15) is 0 Å². The average Bonchev–Trinajstić information content (AvgIpc) is 3.27. The number of nitrogens with one attached hydrogen (secondary N) is 1. The van der Waals surface area contributed by atoms with Gasteiger partial charge in [-0.05, 0) is 24.8 Å². The molecule has 2 unspecified atom stereocenters. The first-order valence-electron chi connectivity index (χ1n) is 10.7. The highest BCUT2D eigenvalue weighted by atomic mass is 16.5. The number of hydrogen-bond donors (Lipinski definition) is 2. The van der Waals surface area contributed by atoms with Crippen LogP contribution >= 0.6 is 0 Å². The lowest BCUT2D eigenvalue weighted by Crippen LogP contribution is -2.52. The number of amides is 3. The molecule has 9 nitrogen and oxygen atoms in total. The van der Waals surface area contributed by atoms with Crippen LogP contribution in [0.1, 0.15) is 31.2 Å². The zero-order chi connectivity index (χ0) is 22.2. The van der Waals surface area contributed by atoms with Gasteiger partial charge in [-0.15, -0.1) is 0 Å². The van der Waals surface area contributed by atoms with Crippen molar-refractivity contribution in [2.24, 2.45) is 0 Å². The molecule has 3 rings (SSSR count). The summed E-state index contributed by atoms with van der Waals surface area (Å²) >= 11 is 0. The Kier molecular flexibility index (Phi) is 8.00. The first kappa shape index (κ1) is 22.7. The second-order valence-corrected chi connectivity index (χ2v) is 7.84. The lowest BCUT2D eigenvalue weighted by atomic mass is 10.1. The third kappa shape index (κ3) is 6.27. The molecular weight excluding hydrogens is 402 g/mol. The van der Waals surface area contributed by atoms with E-state index < -0.39 is 24.0 Å². The van der Waals surface area contributed by atoms with Gasteiger partial charge in [-0.25, -0.2) is 4.79 Å². The van der Waals surface area contributed by atoms with Crippen molar-refractivity contribution < 1.29 is 29.0 Å². The van der Waals surface area contributed by atoms with Crippen molar-refractivity contribution in [1.29, 1.82) is 0 Å². The van der Waals surface area contributed by atoms with Crippen LogP contribution in [-0.2, 0) is 30.3 Å². The first-order chi connectivity index (χ1) is 15.0. The third-order valence-corrected chi connectivity index (χ3v) is 5.67. The highest BCUT2D eigenvalue weighted by Crippen LogP contribution is 2.20. The SMILES string of the molecule is O=C(Cc1ccccc1)NC(CCC(=O)N1CCOCC1)C(=O)N1CCCC1C(=O)O. The molecule has 0 spiro atoms. The van der Waals surface area contributed by atoms with Gasteiger partial charge in [-0.1, -0.05) is 30.3 Å². The van der Waals surface area contributed by atoms with E-state index in [4.69, 9.17) is 4.74 Å². The third-order valence-electron chi connectivity index (χ3n) is 5.67. The molecule has 2 atom stereocenters. The number of morpholine rings is 1. The zero-order valence-electron chi connectivity index (χ0n) is 17.5. The summed E-state index contributed by atoms with van der Waals surface area (Å²) in [5.41, 5.74) is 0.806. The van der Waals surface area contributed by atoms with Gasteiger partial charge in [0.25, 0.3) is 0 Å². The molecule has 0 bridgehead atoms. The monoisotopic (exact) mass is 431 g/mol. The molecule has 2 heterocycles. The number of benzene rings is 1. The summed E-state index contributed by atoms with van der Waals surface area (Å²) < 4.78 is 5.26. The van der Waals surface area contributed by atoms with Gasteiger partial charge >= 0.3 is 5.97 Å². The number of hydrogen-bond acceptors (Lipinski definition) is 5. The Balaban J connectivity index is 1.66. The summed E-state index contributed by atoms with van der Waals surface area (Å²) in [7, 11) is 0. The van der Waals surface area contributed by atoms with Gasteiger partial charge < -0.3 is 25.0 Å². The van der Waals surface area contributed by atoms with Crippen LogP contribution in [-0.4, -0.2) is 83.5 Å². The second-order valence-electron chi connectivity index (χ2n) is 7.84. The molecule has 2 aliphatic rings. The molecule has 168 valence electrons. The van der Waals surface area contributed by atoms with Crippen molar-refractivity contribution in [3.05, 3.63) is 35.9 Å². The van der Waals surface area contributed by atoms with Crippen LogP contribution in [0, 0.1) is 0 Å². The Hall–Kier alpha value is -2.94. The van der Waals surface area contributed by atoms with Crippen molar-refractivity contribution >= 4 is 23.7 Å².